The summed E-state index contributed by atoms with van der Waals surface area (Å²) in [4.78, 5) is 14.4. The van der Waals surface area contributed by atoms with Crippen LogP contribution in [0.3, 0.4) is 0 Å². The number of hydrogen-bond donors (Lipinski definition) is 2. The standard InChI is InChI=1S/C24H30N8O2/c1-4-34-20-12-16(21-31-27-14-32(21)3)5-6-19(20)29-23-26-13-17-11-15(2)24(17,30-23)22(25)28-18-7-9-33-10-8-18/h5-6,11-14,17-18H,4,7-10H2,1-3H3,(H2,25,28)(H,29,30). The molecular formula is C24H30N8O2. The Morgan fingerprint density at radius 3 is 2.88 bits per heavy atom. The maximum absolute atomic E-state index is 6.60. The quantitative estimate of drug-likeness (QED) is 0.386. The molecule has 2 aromatic rings. The third-order valence-corrected chi connectivity index (χ3v) is 6.55. The van der Waals surface area contributed by atoms with Gasteiger partial charge in [0.2, 0.25) is 5.96 Å². The first kappa shape index (κ1) is 22.3. The van der Waals surface area contributed by atoms with E-state index < -0.39 is 5.54 Å². The summed E-state index contributed by atoms with van der Waals surface area (Å²) in [6, 6.07) is 6.02. The third-order valence-electron chi connectivity index (χ3n) is 6.55. The van der Waals surface area contributed by atoms with Crippen molar-refractivity contribution in [3.8, 4) is 17.1 Å². The molecule has 3 aliphatic rings. The van der Waals surface area contributed by atoms with Crippen LogP contribution in [0.2, 0.25) is 0 Å². The zero-order valence-corrected chi connectivity index (χ0v) is 19.7. The highest BCUT2D eigenvalue weighted by atomic mass is 16.5. The van der Waals surface area contributed by atoms with Crippen molar-refractivity contribution in [2.45, 2.75) is 38.3 Å². The van der Waals surface area contributed by atoms with Crippen LogP contribution < -0.4 is 15.8 Å². The first-order valence-electron chi connectivity index (χ1n) is 11.6. The third kappa shape index (κ3) is 3.87. The lowest BCUT2D eigenvalue weighted by atomic mass is 9.67. The fourth-order valence-corrected chi connectivity index (χ4v) is 4.65. The maximum Gasteiger partial charge on any atom is 0.223 e. The van der Waals surface area contributed by atoms with Gasteiger partial charge in [0.1, 0.15) is 17.9 Å². The normalized spacial score (nSPS) is 24.7. The predicted molar refractivity (Wildman–Crippen MR) is 133 cm³/mol. The van der Waals surface area contributed by atoms with Crippen LogP contribution in [0.4, 0.5) is 5.69 Å². The average molecular weight is 463 g/mol. The van der Waals surface area contributed by atoms with Gasteiger partial charge in [-0.15, -0.1) is 10.2 Å². The second-order valence-electron chi connectivity index (χ2n) is 8.75. The van der Waals surface area contributed by atoms with E-state index >= 15 is 0 Å². The number of ether oxygens (including phenoxy) is 2. The Kier molecular flexibility index (Phi) is 5.91. The van der Waals surface area contributed by atoms with Crippen LogP contribution in [0.1, 0.15) is 26.7 Å². The Morgan fingerprint density at radius 1 is 1.35 bits per heavy atom. The highest BCUT2D eigenvalue weighted by Gasteiger charge is 2.51. The lowest BCUT2D eigenvalue weighted by Crippen LogP contribution is -2.57. The minimum atomic E-state index is -0.688. The Hall–Kier alpha value is -3.53. The van der Waals surface area contributed by atoms with Gasteiger partial charge in [-0.2, -0.15) is 0 Å². The van der Waals surface area contributed by atoms with E-state index in [0.717, 1.165) is 48.7 Å². The number of hydrogen-bond acceptors (Lipinski definition) is 8. The van der Waals surface area contributed by atoms with Gasteiger partial charge < -0.3 is 25.1 Å². The molecule has 1 saturated heterocycles. The number of aryl methyl sites for hydroxylation is 1. The van der Waals surface area contributed by atoms with E-state index in [1.54, 1.807) is 6.33 Å². The van der Waals surface area contributed by atoms with Crippen LogP contribution in [-0.2, 0) is 11.8 Å². The van der Waals surface area contributed by atoms with E-state index in [4.69, 9.17) is 25.2 Å². The molecule has 0 radical (unpaired) electrons. The van der Waals surface area contributed by atoms with Crippen LogP contribution in [0.25, 0.3) is 11.4 Å². The molecule has 1 aromatic heterocycles. The molecule has 3 N–H and O–H groups in total. The zero-order valence-electron chi connectivity index (χ0n) is 19.7. The number of guanidine groups is 1. The van der Waals surface area contributed by atoms with Crippen molar-refractivity contribution in [2.24, 2.45) is 33.7 Å². The molecule has 1 aromatic carbocycles. The van der Waals surface area contributed by atoms with Crippen LogP contribution in [-0.4, -0.2) is 64.2 Å². The minimum absolute atomic E-state index is 0.00583. The SMILES string of the molecule is CCOc1cc(-c2nncn2C)ccc1NC1=NC2(C(N)=NC3CCOCC3)C(C)=CC2C=N1. The first-order valence-corrected chi connectivity index (χ1v) is 11.6. The lowest BCUT2D eigenvalue weighted by Gasteiger charge is -2.44. The monoisotopic (exact) mass is 462 g/mol. The van der Waals surface area contributed by atoms with Gasteiger partial charge in [-0.25, -0.2) is 9.98 Å². The molecular weight excluding hydrogens is 432 g/mol. The summed E-state index contributed by atoms with van der Waals surface area (Å²) in [5, 5.41) is 11.5. The number of aromatic nitrogens is 3. The number of nitrogens with one attached hydrogen (secondary N) is 1. The Balaban J connectivity index is 1.44. The summed E-state index contributed by atoms with van der Waals surface area (Å²) in [5.74, 6) is 2.46. The summed E-state index contributed by atoms with van der Waals surface area (Å²) in [5.41, 5.74) is 8.66. The Bertz CT molecular complexity index is 1190. The molecule has 0 spiro atoms. The number of amidine groups is 1. The fourth-order valence-electron chi connectivity index (χ4n) is 4.65. The van der Waals surface area contributed by atoms with Crippen LogP contribution in [0.15, 0.2) is 51.2 Å². The van der Waals surface area contributed by atoms with Crippen LogP contribution in [0.5, 0.6) is 5.75 Å². The number of fused-ring (bicyclic) bond motifs is 1. The van der Waals surface area contributed by atoms with Gasteiger partial charge in [0.15, 0.2) is 11.4 Å². The molecule has 2 unspecified atom stereocenters. The van der Waals surface area contributed by atoms with Crippen molar-refractivity contribution in [3.05, 3.63) is 36.2 Å². The number of aliphatic imine (C=N–C) groups is 3. The summed E-state index contributed by atoms with van der Waals surface area (Å²) in [6.45, 7) is 5.95. The molecule has 0 saturated carbocycles. The van der Waals surface area contributed by atoms with Gasteiger partial charge in [0, 0.05) is 38.0 Å². The van der Waals surface area contributed by atoms with Gasteiger partial charge in [-0.05, 0) is 50.5 Å². The number of nitrogens with zero attached hydrogens (tertiary/aromatic N) is 6. The molecule has 10 heteroatoms. The summed E-state index contributed by atoms with van der Waals surface area (Å²) in [6.07, 6.45) is 7.45. The van der Waals surface area contributed by atoms with E-state index in [1.165, 1.54) is 0 Å². The van der Waals surface area contributed by atoms with Crippen molar-refractivity contribution in [1.29, 1.82) is 0 Å². The van der Waals surface area contributed by atoms with Crippen molar-refractivity contribution >= 4 is 23.7 Å². The molecule has 34 heavy (non-hydrogen) atoms. The topological polar surface area (TPSA) is 124 Å². The molecule has 2 aliphatic heterocycles. The van der Waals surface area contributed by atoms with Gasteiger partial charge in [-0.3, -0.25) is 4.99 Å². The number of benzene rings is 1. The van der Waals surface area contributed by atoms with Crippen molar-refractivity contribution in [1.82, 2.24) is 14.8 Å². The van der Waals surface area contributed by atoms with E-state index in [2.05, 4.69) is 26.6 Å². The second kappa shape index (κ2) is 9.02. The van der Waals surface area contributed by atoms with E-state index in [-0.39, 0.29) is 12.0 Å². The van der Waals surface area contributed by atoms with Crippen molar-refractivity contribution in [3.63, 3.8) is 0 Å². The number of rotatable bonds is 6. The highest BCUT2D eigenvalue weighted by molar-refractivity contribution is 6.09. The predicted octanol–water partition coefficient (Wildman–Crippen LogP) is 2.58. The van der Waals surface area contributed by atoms with Gasteiger partial charge in [-0.1, -0.05) is 6.08 Å². The smallest absolute Gasteiger partial charge is 0.223 e. The molecule has 1 fully saturated rings. The highest BCUT2D eigenvalue weighted by Crippen LogP contribution is 2.43. The summed E-state index contributed by atoms with van der Waals surface area (Å²) >= 11 is 0. The number of anilines is 1. The molecule has 1 aliphatic carbocycles. The van der Waals surface area contributed by atoms with Crippen LogP contribution in [0, 0.1) is 5.92 Å². The minimum Gasteiger partial charge on any atom is -0.492 e. The van der Waals surface area contributed by atoms with Crippen LogP contribution >= 0.6 is 0 Å². The molecule has 178 valence electrons. The Morgan fingerprint density at radius 2 is 2.18 bits per heavy atom. The average Bonchev–Trinajstić information content (AvgIpc) is 3.27. The van der Waals surface area contributed by atoms with E-state index in [9.17, 15) is 0 Å². The molecule has 3 heterocycles. The number of nitrogens with two attached hydrogens (primary N) is 1. The van der Waals surface area contributed by atoms with Crippen molar-refractivity contribution < 1.29 is 9.47 Å². The molecule has 10 nitrogen and oxygen atoms in total. The summed E-state index contributed by atoms with van der Waals surface area (Å²) in [7, 11) is 1.91. The van der Waals surface area contributed by atoms with E-state index in [0.29, 0.717) is 24.2 Å². The fraction of sp³-hybridized carbons (Fsp3) is 0.458. The van der Waals surface area contributed by atoms with Crippen molar-refractivity contribution in [2.75, 3.05) is 25.1 Å². The molecule has 0 amide bonds. The van der Waals surface area contributed by atoms with Gasteiger partial charge in [0.05, 0.1) is 18.3 Å². The van der Waals surface area contributed by atoms with Gasteiger partial charge in [0.25, 0.3) is 0 Å². The maximum atomic E-state index is 6.60. The van der Waals surface area contributed by atoms with E-state index in [1.807, 2.05) is 49.9 Å². The molecule has 2 atom stereocenters. The molecule has 0 bridgehead atoms. The first-order chi connectivity index (χ1) is 16.5. The zero-order chi connectivity index (χ0) is 23.7. The molecule has 5 rings (SSSR count). The van der Waals surface area contributed by atoms with Gasteiger partial charge >= 0.3 is 0 Å². The lowest BCUT2D eigenvalue weighted by molar-refractivity contribution is 0.0869. The second-order valence-corrected chi connectivity index (χ2v) is 8.75. The largest absolute Gasteiger partial charge is 0.492 e. The summed E-state index contributed by atoms with van der Waals surface area (Å²) < 4.78 is 13.2. The Labute approximate surface area is 198 Å².